The number of rotatable bonds is 7. The van der Waals surface area contributed by atoms with Crippen molar-refractivity contribution in [1.29, 1.82) is 0 Å². The van der Waals surface area contributed by atoms with Crippen LogP contribution in [-0.2, 0) is 0 Å². The van der Waals surface area contributed by atoms with Gasteiger partial charge in [0.2, 0.25) is 11.6 Å². The molecule has 0 atom stereocenters. The summed E-state index contributed by atoms with van der Waals surface area (Å²) < 4.78 is 0. The summed E-state index contributed by atoms with van der Waals surface area (Å²) in [5.41, 5.74) is 4.21. The third-order valence-corrected chi connectivity index (χ3v) is 6.51. The fourth-order valence-corrected chi connectivity index (χ4v) is 4.71. The number of piperazine rings is 1. The van der Waals surface area contributed by atoms with Gasteiger partial charge in [-0.05, 0) is 30.2 Å². The predicted octanol–water partition coefficient (Wildman–Crippen LogP) is 5.35. The van der Waals surface area contributed by atoms with Gasteiger partial charge in [0.15, 0.2) is 0 Å². The first kappa shape index (κ1) is 23.4. The molecule has 0 bridgehead atoms. The average molecular weight is 481 g/mol. The number of nitrogens with one attached hydrogen (secondary N) is 1. The van der Waals surface area contributed by atoms with Crippen LogP contribution in [0.2, 0.25) is 0 Å². The first-order valence-electron chi connectivity index (χ1n) is 12.0. The van der Waals surface area contributed by atoms with E-state index >= 15 is 0 Å². The van der Waals surface area contributed by atoms with Gasteiger partial charge in [0.25, 0.3) is 0 Å². The van der Waals surface area contributed by atoms with E-state index in [4.69, 9.17) is 0 Å². The maximum Gasteiger partial charge on any atom is 0.353 e. The zero-order valence-electron chi connectivity index (χ0n) is 20.1. The molecule has 1 N–H and O–H groups in total. The maximum atomic E-state index is 12.1. The Kier molecular flexibility index (Phi) is 6.86. The van der Waals surface area contributed by atoms with Crippen molar-refractivity contribution in [3.05, 3.63) is 118 Å². The minimum atomic E-state index is -0.394. The first-order valence-corrected chi connectivity index (χ1v) is 12.0. The van der Waals surface area contributed by atoms with Gasteiger partial charge in [0, 0.05) is 31.9 Å². The molecule has 4 aromatic rings. The molecule has 8 heteroatoms. The van der Waals surface area contributed by atoms with Gasteiger partial charge in [0.1, 0.15) is 6.33 Å². The molecule has 0 unspecified atom stereocenters. The van der Waals surface area contributed by atoms with E-state index in [1.165, 1.54) is 17.5 Å². The normalized spacial score (nSPS) is 14.1. The van der Waals surface area contributed by atoms with Gasteiger partial charge < -0.3 is 10.2 Å². The van der Waals surface area contributed by atoms with E-state index in [2.05, 4.69) is 68.7 Å². The minimum Gasteiger partial charge on any atom is -0.348 e. The maximum absolute atomic E-state index is 12.1. The second-order valence-corrected chi connectivity index (χ2v) is 8.89. The van der Waals surface area contributed by atoms with Gasteiger partial charge in [-0.2, -0.15) is 0 Å². The van der Waals surface area contributed by atoms with E-state index in [1.54, 1.807) is 0 Å². The second kappa shape index (κ2) is 10.5. The lowest BCUT2D eigenvalue weighted by Crippen LogP contribution is -2.48. The van der Waals surface area contributed by atoms with Crippen molar-refractivity contribution in [3.8, 4) is 0 Å². The van der Waals surface area contributed by atoms with E-state index in [0.717, 1.165) is 24.3 Å². The summed E-state index contributed by atoms with van der Waals surface area (Å²) in [7, 11) is 0. The van der Waals surface area contributed by atoms with E-state index < -0.39 is 4.92 Å². The lowest BCUT2D eigenvalue weighted by Gasteiger charge is -2.40. The number of aromatic nitrogens is 2. The monoisotopic (exact) mass is 480 g/mol. The number of hydrogen-bond donors (Lipinski definition) is 1. The third-order valence-electron chi connectivity index (χ3n) is 6.51. The van der Waals surface area contributed by atoms with E-state index in [-0.39, 0.29) is 17.5 Å². The molecule has 36 heavy (non-hydrogen) atoms. The highest BCUT2D eigenvalue weighted by molar-refractivity contribution is 5.74. The molecule has 0 spiro atoms. The molecule has 1 fully saturated rings. The predicted molar refractivity (Wildman–Crippen MR) is 142 cm³/mol. The number of aryl methyl sites for hydroxylation is 1. The largest absolute Gasteiger partial charge is 0.353 e. The van der Waals surface area contributed by atoms with Gasteiger partial charge in [0.05, 0.1) is 11.0 Å². The second-order valence-electron chi connectivity index (χ2n) is 8.89. The van der Waals surface area contributed by atoms with Gasteiger partial charge in [-0.1, -0.05) is 78.4 Å². The van der Waals surface area contributed by atoms with Crippen molar-refractivity contribution >= 4 is 23.0 Å². The Morgan fingerprint density at radius 3 is 1.97 bits per heavy atom. The quantitative estimate of drug-likeness (QED) is 0.282. The van der Waals surface area contributed by atoms with Crippen LogP contribution in [0.15, 0.2) is 91.3 Å². The van der Waals surface area contributed by atoms with Crippen LogP contribution in [0.4, 0.5) is 23.0 Å². The number of anilines is 3. The van der Waals surface area contributed by atoms with Crippen molar-refractivity contribution in [2.24, 2.45) is 0 Å². The van der Waals surface area contributed by atoms with Gasteiger partial charge in [-0.3, -0.25) is 15.0 Å². The molecule has 3 aromatic carbocycles. The molecule has 182 valence electrons. The zero-order valence-corrected chi connectivity index (χ0v) is 20.1. The molecule has 1 aromatic heterocycles. The van der Waals surface area contributed by atoms with E-state index in [0.29, 0.717) is 18.9 Å². The van der Waals surface area contributed by atoms with Crippen molar-refractivity contribution in [2.45, 2.75) is 13.0 Å². The molecule has 0 aliphatic carbocycles. The van der Waals surface area contributed by atoms with Crippen molar-refractivity contribution in [1.82, 2.24) is 14.9 Å². The van der Waals surface area contributed by atoms with Crippen LogP contribution < -0.4 is 10.2 Å². The molecule has 1 aliphatic heterocycles. The van der Waals surface area contributed by atoms with Gasteiger partial charge in [-0.25, -0.2) is 9.97 Å². The van der Waals surface area contributed by atoms with Crippen LogP contribution in [0.5, 0.6) is 0 Å². The smallest absolute Gasteiger partial charge is 0.348 e. The highest BCUT2D eigenvalue weighted by Gasteiger charge is 2.32. The highest BCUT2D eigenvalue weighted by Crippen LogP contribution is 2.35. The molecule has 5 rings (SSSR count). The fraction of sp³-hybridized carbons (Fsp3) is 0.214. The summed E-state index contributed by atoms with van der Waals surface area (Å²) >= 11 is 0. The Bertz CT molecular complexity index is 1270. The summed E-state index contributed by atoms with van der Waals surface area (Å²) in [5.74, 6) is 0.544. The minimum absolute atomic E-state index is 0.103. The molecule has 0 amide bonds. The average Bonchev–Trinajstić information content (AvgIpc) is 2.91. The Morgan fingerprint density at radius 1 is 0.833 bits per heavy atom. The van der Waals surface area contributed by atoms with Crippen LogP contribution in [0.1, 0.15) is 22.7 Å². The SMILES string of the molecule is Cc1ccc(Nc2ncnc(N3CCN(C(c4ccccc4)c4ccccc4)CC3)c2[N+](=O)[O-])cc1. The molecule has 8 nitrogen and oxygen atoms in total. The molecule has 1 aliphatic rings. The van der Waals surface area contributed by atoms with Crippen LogP contribution in [0.3, 0.4) is 0 Å². The number of hydrogen-bond acceptors (Lipinski definition) is 7. The lowest BCUT2D eigenvalue weighted by molar-refractivity contribution is -0.383. The van der Waals surface area contributed by atoms with Crippen molar-refractivity contribution in [2.75, 3.05) is 36.4 Å². The number of benzene rings is 3. The Balaban J connectivity index is 1.38. The molecule has 0 saturated carbocycles. The topological polar surface area (TPSA) is 87.4 Å². The molecule has 0 radical (unpaired) electrons. The Hall–Kier alpha value is -4.30. The van der Waals surface area contributed by atoms with Gasteiger partial charge in [-0.15, -0.1) is 0 Å². The Morgan fingerprint density at radius 2 is 1.42 bits per heavy atom. The lowest BCUT2D eigenvalue weighted by atomic mass is 9.96. The summed E-state index contributed by atoms with van der Waals surface area (Å²) in [4.78, 5) is 24.7. The summed E-state index contributed by atoms with van der Waals surface area (Å²) in [6.07, 6.45) is 1.39. The van der Waals surface area contributed by atoms with Crippen LogP contribution in [-0.4, -0.2) is 46.0 Å². The third kappa shape index (κ3) is 5.04. The van der Waals surface area contributed by atoms with Crippen molar-refractivity contribution < 1.29 is 4.92 Å². The van der Waals surface area contributed by atoms with Crippen LogP contribution >= 0.6 is 0 Å². The van der Waals surface area contributed by atoms with Gasteiger partial charge >= 0.3 is 5.69 Å². The van der Waals surface area contributed by atoms with E-state index in [9.17, 15) is 10.1 Å². The van der Waals surface area contributed by atoms with Crippen LogP contribution in [0, 0.1) is 17.0 Å². The van der Waals surface area contributed by atoms with Crippen LogP contribution in [0.25, 0.3) is 0 Å². The summed E-state index contributed by atoms with van der Waals surface area (Å²) in [6, 6.07) is 28.7. The number of nitrogens with zero attached hydrogens (tertiary/aromatic N) is 5. The molecular formula is C28H28N6O2. The first-order chi connectivity index (χ1) is 17.6. The molecular weight excluding hydrogens is 452 g/mol. The highest BCUT2D eigenvalue weighted by atomic mass is 16.6. The summed E-state index contributed by atoms with van der Waals surface area (Å²) in [6.45, 7) is 4.73. The number of nitro groups is 1. The zero-order chi connectivity index (χ0) is 24.9. The van der Waals surface area contributed by atoms with E-state index in [1.807, 2.05) is 48.2 Å². The Labute approximate surface area is 210 Å². The standard InChI is InChI=1S/C28H28N6O2/c1-21-12-14-24(15-13-21)31-27-26(34(35)36)28(30-20-29-27)33-18-16-32(17-19-33)25(22-8-4-2-5-9-22)23-10-6-3-7-11-23/h2-15,20,25H,16-19H2,1H3,(H,29,30,31). The van der Waals surface area contributed by atoms with Crippen molar-refractivity contribution in [3.63, 3.8) is 0 Å². The summed E-state index contributed by atoms with van der Waals surface area (Å²) in [5, 5.41) is 15.2. The molecule has 1 saturated heterocycles. The molecule has 2 heterocycles. The fourth-order valence-electron chi connectivity index (χ4n) is 4.71.